The molecule has 2 nitrogen and oxygen atoms in total. The van der Waals surface area contributed by atoms with Crippen LogP contribution in [0.2, 0.25) is 0 Å². The number of halogens is 2. The van der Waals surface area contributed by atoms with Gasteiger partial charge in [0.15, 0.2) is 0 Å². The molecule has 0 aliphatic carbocycles. The molecule has 0 aromatic rings. The zero-order valence-electron chi connectivity index (χ0n) is 5.19. The van der Waals surface area contributed by atoms with Gasteiger partial charge in [0.2, 0.25) is 0 Å². The van der Waals surface area contributed by atoms with E-state index < -0.39 is 16.3 Å². The molecule has 1 saturated heterocycles. The molecule has 1 fully saturated rings. The molecule has 1 aliphatic rings. The first kappa shape index (κ1) is 8.03. The van der Waals surface area contributed by atoms with Gasteiger partial charge in [-0.2, -0.15) is 0 Å². The standard InChI is InChI=1S/C5H9I2O2/c1-5(8)9-7-4-2-3-6-7/h2-4H2,1H3/q-1. The van der Waals surface area contributed by atoms with E-state index in [1.54, 1.807) is 0 Å². The quantitative estimate of drug-likeness (QED) is 0.418. The number of carbonyl (C=O) groups excluding carboxylic acids is 1. The van der Waals surface area contributed by atoms with Crippen LogP contribution < -0.4 is 17.2 Å². The zero-order chi connectivity index (χ0) is 6.69. The molecule has 1 aliphatic heterocycles. The van der Waals surface area contributed by atoms with Gasteiger partial charge < -0.3 is 0 Å². The summed E-state index contributed by atoms with van der Waals surface area (Å²) in [5.41, 5.74) is 0. The molecule has 0 amide bonds. The Bertz CT molecular complexity index is 110. The third-order valence-electron chi connectivity index (χ3n) is 0.792. The van der Waals surface area contributed by atoms with Crippen molar-refractivity contribution in [2.45, 2.75) is 13.3 Å². The molecule has 0 aromatic heterocycles. The Hall–Kier alpha value is 0.930. The van der Waals surface area contributed by atoms with Gasteiger partial charge in [-0.3, -0.25) is 0 Å². The Kier molecular flexibility index (Phi) is 3.52. The van der Waals surface area contributed by atoms with Crippen LogP contribution in [-0.2, 0) is 7.86 Å². The monoisotopic (exact) mass is 355 g/mol. The fourth-order valence-corrected chi connectivity index (χ4v) is 16.6. The van der Waals surface area contributed by atoms with Crippen LogP contribution in [0.15, 0.2) is 0 Å². The summed E-state index contributed by atoms with van der Waals surface area (Å²) in [6, 6.07) is 0. The van der Waals surface area contributed by atoms with Crippen LogP contribution in [0.4, 0.5) is 0 Å². The van der Waals surface area contributed by atoms with E-state index in [2.05, 4.69) is 0 Å². The van der Waals surface area contributed by atoms with Gasteiger partial charge in [-0.15, -0.1) is 0 Å². The topological polar surface area (TPSA) is 26.3 Å². The Morgan fingerprint density at radius 1 is 1.78 bits per heavy atom. The molecule has 1 heterocycles. The normalized spacial score (nSPS) is 23.0. The average Bonchev–Trinajstić information content (AvgIpc) is 2.15. The van der Waals surface area contributed by atoms with E-state index in [1.807, 2.05) is 0 Å². The Morgan fingerprint density at radius 2 is 2.56 bits per heavy atom. The second kappa shape index (κ2) is 3.95. The maximum absolute atomic E-state index is 10.4. The van der Waals surface area contributed by atoms with Crippen molar-refractivity contribution in [1.29, 1.82) is 0 Å². The van der Waals surface area contributed by atoms with Gasteiger partial charge in [0.05, 0.1) is 0 Å². The van der Waals surface area contributed by atoms with Gasteiger partial charge in [0.1, 0.15) is 0 Å². The molecule has 0 radical (unpaired) electrons. The van der Waals surface area contributed by atoms with E-state index in [0.29, 0.717) is 17.2 Å². The van der Waals surface area contributed by atoms with E-state index in [4.69, 9.17) is 3.07 Å². The molecule has 0 unspecified atom stereocenters. The van der Waals surface area contributed by atoms with Crippen LogP contribution in [0.25, 0.3) is 0 Å². The molecule has 1 rings (SSSR count). The van der Waals surface area contributed by atoms with Crippen LogP contribution in [0.1, 0.15) is 13.3 Å². The number of alkyl halides is 2. The molecule has 0 N–H and O–H groups in total. The number of carbonyl (C=O) groups is 1. The molecule has 0 atom stereocenters. The van der Waals surface area contributed by atoms with E-state index in [0.717, 1.165) is 0 Å². The summed E-state index contributed by atoms with van der Waals surface area (Å²) in [5.74, 6) is -0.0400. The minimum absolute atomic E-state index is 0.0400. The first-order valence-corrected chi connectivity index (χ1v) is 13.0. The van der Waals surface area contributed by atoms with Gasteiger partial charge in [-0.05, 0) is 0 Å². The van der Waals surface area contributed by atoms with Gasteiger partial charge in [0, 0.05) is 0 Å². The molecule has 9 heavy (non-hydrogen) atoms. The average molecular weight is 355 g/mol. The van der Waals surface area contributed by atoms with Crippen LogP contribution >= 0.6 is 16.3 Å². The van der Waals surface area contributed by atoms with Crippen molar-refractivity contribution in [2.24, 2.45) is 0 Å². The van der Waals surface area contributed by atoms with Crippen molar-refractivity contribution in [2.75, 3.05) is 8.86 Å². The van der Waals surface area contributed by atoms with Crippen molar-refractivity contribution in [1.82, 2.24) is 0 Å². The predicted octanol–water partition coefficient (Wildman–Crippen LogP) is -1.62. The van der Waals surface area contributed by atoms with E-state index in [1.165, 1.54) is 22.2 Å². The Labute approximate surface area is 69.0 Å². The molecule has 0 aromatic carbocycles. The molecule has 0 bridgehead atoms. The Balaban J connectivity index is 2.19. The molecule has 4 heteroatoms. The summed E-state index contributed by atoms with van der Waals surface area (Å²) in [7, 11) is 0. The summed E-state index contributed by atoms with van der Waals surface area (Å²) >= 11 is -0.679. The second-order valence-electron chi connectivity index (χ2n) is 1.67. The molecular formula is C5H9I2O2-. The van der Waals surface area contributed by atoms with Crippen LogP contribution in [0.3, 0.4) is 0 Å². The minimum atomic E-state index is -1.04. The number of rotatable bonds is 1. The third kappa shape index (κ3) is 3.01. The first-order valence-electron chi connectivity index (χ1n) is 2.74. The van der Waals surface area contributed by atoms with Crippen molar-refractivity contribution >= 4 is 22.2 Å². The van der Waals surface area contributed by atoms with Crippen LogP contribution in [0, 0.1) is 0 Å². The maximum atomic E-state index is 10.4. The van der Waals surface area contributed by atoms with Gasteiger partial charge in [-0.25, -0.2) is 0 Å². The summed E-state index contributed by atoms with van der Waals surface area (Å²) in [4.78, 5) is 10.4. The van der Waals surface area contributed by atoms with Gasteiger partial charge in [-0.1, -0.05) is 0 Å². The SMILES string of the molecule is CC(=O)OI1CCC[I-]1. The third-order valence-corrected chi connectivity index (χ3v) is 16.2. The summed E-state index contributed by atoms with van der Waals surface area (Å²) < 4.78 is 7.85. The van der Waals surface area contributed by atoms with Crippen molar-refractivity contribution in [3.05, 3.63) is 0 Å². The van der Waals surface area contributed by atoms with E-state index in [-0.39, 0.29) is 5.97 Å². The number of hydrogen-bond acceptors (Lipinski definition) is 2. The number of hydrogen-bond donors (Lipinski definition) is 0. The predicted molar refractivity (Wildman–Crippen MR) is 40.1 cm³/mol. The second-order valence-corrected chi connectivity index (χ2v) is 16.3. The molecule has 0 spiro atoms. The van der Waals surface area contributed by atoms with E-state index in [9.17, 15) is 4.79 Å². The van der Waals surface area contributed by atoms with Crippen molar-refractivity contribution < 1.29 is 25.1 Å². The molecular weight excluding hydrogens is 346 g/mol. The fraction of sp³-hybridized carbons (Fsp3) is 0.800. The molecule has 0 saturated carbocycles. The fourth-order valence-electron chi connectivity index (χ4n) is 0.513. The van der Waals surface area contributed by atoms with Crippen LogP contribution in [0.5, 0.6) is 0 Å². The van der Waals surface area contributed by atoms with Crippen molar-refractivity contribution in [3.8, 4) is 0 Å². The molecule has 56 valence electrons. The summed E-state index contributed by atoms with van der Waals surface area (Å²) in [6.45, 7) is 1.53. The zero-order valence-corrected chi connectivity index (χ0v) is 9.51. The first-order chi connectivity index (χ1) is 4.29. The van der Waals surface area contributed by atoms with Crippen molar-refractivity contribution in [3.63, 3.8) is 0 Å². The van der Waals surface area contributed by atoms with Gasteiger partial charge >= 0.3 is 69.5 Å². The van der Waals surface area contributed by atoms with Crippen LogP contribution in [-0.4, -0.2) is 14.8 Å². The summed E-state index contributed by atoms with van der Waals surface area (Å²) in [6.07, 6.45) is 1.34. The summed E-state index contributed by atoms with van der Waals surface area (Å²) in [5, 5.41) is 0. The van der Waals surface area contributed by atoms with Gasteiger partial charge in [0.25, 0.3) is 0 Å². The Morgan fingerprint density at radius 3 is 3.00 bits per heavy atom. The van der Waals surface area contributed by atoms with E-state index >= 15 is 0 Å².